The highest BCUT2D eigenvalue weighted by Gasteiger charge is 2.24. The molecule has 1 aromatic heterocycles. The van der Waals surface area contributed by atoms with E-state index in [4.69, 9.17) is 21.8 Å². The summed E-state index contributed by atoms with van der Waals surface area (Å²) in [7, 11) is 0. The van der Waals surface area contributed by atoms with Gasteiger partial charge >= 0.3 is 0 Å². The Balaban J connectivity index is 2.27. The van der Waals surface area contributed by atoms with Crippen LogP contribution in [0.25, 0.3) is 0 Å². The van der Waals surface area contributed by atoms with Gasteiger partial charge in [0.25, 0.3) is 0 Å². The van der Waals surface area contributed by atoms with Crippen molar-refractivity contribution in [2.24, 2.45) is 5.73 Å². The maximum absolute atomic E-state index is 9.17. The van der Waals surface area contributed by atoms with Gasteiger partial charge in [0.15, 0.2) is 5.82 Å². The lowest BCUT2D eigenvalue weighted by Crippen LogP contribution is -2.40. The van der Waals surface area contributed by atoms with Gasteiger partial charge in [0.2, 0.25) is 0 Å². The van der Waals surface area contributed by atoms with Crippen molar-refractivity contribution >= 4 is 11.6 Å². The van der Waals surface area contributed by atoms with E-state index in [0.29, 0.717) is 23.7 Å². The van der Waals surface area contributed by atoms with E-state index in [1.165, 1.54) is 4.68 Å². The van der Waals surface area contributed by atoms with E-state index in [0.717, 1.165) is 25.9 Å². The summed E-state index contributed by atoms with van der Waals surface area (Å²) in [6.45, 7) is 1.81. The van der Waals surface area contributed by atoms with Gasteiger partial charge in [0.1, 0.15) is 17.5 Å². The quantitative estimate of drug-likeness (QED) is 0.650. The number of hydrogen-bond donors (Lipinski definition) is 3. The minimum Gasteiger partial charge on any atom is -0.394 e. The summed E-state index contributed by atoms with van der Waals surface area (Å²) in [6, 6.07) is 2.31. The summed E-state index contributed by atoms with van der Waals surface area (Å²) in [6.07, 6.45) is 1.77. The largest absolute Gasteiger partial charge is 0.394 e. The molecule has 0 atom stereocenters. The molecule has 1 aromatic rings. The first-order valence-corrected chi connectivity index (χ1v) is 6.05. The zero-order valence-electron chi connectivity index (χ0n) is 10.2. The molecule has 2 rings (SSSR count). The lowest BCUT2D eigenvalue weighted by Gasteiger charge is -2.30. The van der Waals surface area contributed by atoms with Gasteiger partial charge < -0.3 is 21.5 Å². The molecule has 18 heavy (non-hydrogen) atoms. The van der Waals surface area contributed by atoms with Crippen LogP contribution in [0.2, 0.25) is 0 Å². The first-order chi connectivity index (χ1) is 8.67. The van der Waals surface area contributed by atoms with Crippen molar-refractivity contribution in [3.05, 3.63) is 5.56 Å². The highest BCUT2D eigenvalue weighted by atomic mass is 16.3. The molecule has 0 amide bonds. The Hall–Kier alpha value is -1.78. The van der Waals surface area contributed by atoms with Crippen molar-refractivity contribution in [1.82, 2.24) is 9.78 Å². The Morgan fingerprint density at radius 3 is 2.67 bits per heavy atom. The lowest BCUT2D eigenvalue weighted by atomic mass is 10.1. The van der Waals surface area contributed by atoms with Gasteiger partial charge in [-0.1, -0.05) is 0 Å². The van der Waals surface area contributed by atoms with Crippen LogP contribution in [0.15, 0.2) is 0 Å². The number of anilines is 2. The minimum absolute atomic E-state index is 0.0545. The Morgan fingerprint density at radius 1 is 1.44 bits per heavy atom. The standard InChI is InChI=1S/C11H18N6O/c12-7-9-10(14)17(5-6-18)15-11(9)16-3-1-8(13)2-4-16/h8,18H,1-6,13-14H2. The van der Waals surface area contributed by atoms with Gasteiger partial charge in [-0.05, 0) is 12.8 Å². The second-order valence-electron chi connectivity index (χ2n) is 4.47. The van der Waals surface area contributed by atoms with Crippen LogP contribution in [0.4, 0.5) is 11.6 Å². The van der Waals surface area contributed by atoms with E-state index in [9.17, 15) is 0 Å². The molecule has 0 aliphatic carbocycles. The summed E-state index contributed by atoms with van der Waals surface area (Å²) in [5, 5.41) is 22.4. The molecule has 0 aromatic carbocycles. The molecule has 0 spiro atoms. The molecule has 0 bridgehead atoms. The number of nitrogens with zero attached hydrogens (tertiary/aromatic N) is 4. The van der Waals surface area contributed by atoms with Gasteiger partial charge in [-0.3, -0.25) is 0 Å². The maximum atomic E-state index is 9.17. The Labute approximate surface area is 106 Å². The van der Waals surface area contributed by atoms with Crippen LogP contribution < -0.4 is 16.4 Å². The molecule has 1 saturated heterocycles. The van der Waals surface area contributed by atoms with Gasteiger partial charge in [0, 0.05) is 19.1 Å². The average Bonchev–Trinajstić information content (AvgIpc) is 2.68. The molecule has 2 heterocycles. The number of nitrogen functional groups attached to an aromatic ring is 1. The van der Waals surface area contributed by atoms with E-state index < -0.39 is 0 Å². The third-order valence-corrected chi connectivity index (χ3v) is 3.24. The van der Waals surface area contributed by atoms with Crippen molar-refractivity contribution in [2.45, 2.75) is 25.4 Å². The Bertz CT molecular complexity index is 455. The molecule has 0 saturated carbocycles. The molecule has 98 valence electrons. The number of rotatable bonds is 3. The fraction of sp³-hybridized carbons (Fsp3) is 0.636. The number of nitrogens with two attached hydrogens (primary N) is 2. The summed E-state index contributed by atoms with van der Waals surface area (Å²) < 4.78 is 1.47. The van der Waals surface area contributed by atoms with E-state index in [1.807, 2.05) is 4.90 Å². The van der Waals surface area contributed by atoms with Gasteiger partial charge in [-0.25, -0.2) is 4.68 Å². The first-order valence-electron chi connectivity index (χ1n) is 6.05. The fourth-order valence-corrected chi connectivity index (χ4v) is 2.17. The molecule has 1 aliphatic heterocycles. The molecular weight excluding hydrogens is 232 g/mol. The van der Waals surface area contributed by atoms with E-state index in [1.54, 1.807) is 0 Å². The topological polar surface area (TPSA) is 117 Å². The van der Waals surface area contributed by atoms with Crippen molar-refractivity contribution in [3.63, 3.8) is 0 Å². The summed E-state index contributed by atoms with van der Waals surface area (Å²) in [5.41, 5.74) is 12.1. The van der Waals surface area contributed by atoms with Gasteiger partial charge in [-0.2, -0.15) is 10.4 Å². The Kier molecular flexibility index (Phi) is 3.69. The monoisotopic (exact) mass is 250 g/mol. The van der Waals surface area contributed by atoms with Crippen molar-refractivity contribution in [3.8, 4) is 6.07 Å². The van der Waals surface area contributed by atoms with Crippen LogP contribution in [-0.2, 0) is 6.54 Å². The van der Waals surface area contributed by atoms with Gasteiger partial charge in [-0.15, -0.1) is 0 Å². The van der Waals surface area contributed by atoms with E-state index in [-0.39, 0.29) is 12.6 Å². The second kappa shape index (κ2) is 5.25. The SMILES string of the molecule is N#Cc1c(N2CCC(N)CC2)nn(CCO)c1N. The summed E-state index contributed by atoms with van der Waals surface area (Å²) >= 11 is 0. The highest BCUT2D eigenvalue weighted by Crippen LogP contribution is 2.26. The highest BCUT2D eigenvalue weighted by molar-refractivity contribution is 5.65. The van der Waals surface area contributed by atoms with Crippen molar-refractivity contribution in [1.29, 1.82) is 5.26 Å². The third kappa shape index (κ3) is 2.25. The van der Waals surface area contributed by atoms with Crippen molar-refractivity contribution in [2.75, 3.05) is 30.3 Å². The predicted molar refractivity (Wildman–Crippen MR) is 67.9 cm³/mol. The smallest absolute Gasteiger partial charge is 0.170 e. The molecular formula is C11H18N6O. The van der Waals surface area contributed by atoms with E-state index in [2.05, 4.69) is 11.2 Å². The van der Waals surface area contributed by atoms with Crippen LogP contribution >= 0.6 is 0 Å². The molecule has 1 aliphatic rings. The maximum Gasteiger partial charge on any atom is 0.170 e. The van der Waals surface area contributed by atoms with Crippen LogP contribution in [-0.4, -0.2) is 40.6 Å². The number of aliphatic hydroxyl groups is 1. The first kappa shape index (κ1) is 12.7. The van der Waals surface area contributed by atoms with Crippen LogP contribution in [0, 0.1) is 11.3 Å². The summed E-state index contributed by atoms with van der Waals surface area (Å²) in [5.74, 6) is 0.923. The third-order valence-electron chi connectivity index (χ3n) is 3.24. The summed E-state index contributed by atoms with van der Waals surface area (Å²) in [4.78, 5) is 2.03. The molecule has 7 heteroatoms. The van der Waals surface area contributed by atoms with Crippen molar-refractivity contribution < 1.29 is 5.11 Å². The molecule has 0 unspecified atom stereocenters. The number of hydrogen-bond acceptors (Lipinski definition) is 6. The number of piperidine rings is 1. The van der Waals surface area contributed by atoms with Gasteiger partial charge in [0.05, 0.1) is 13.2 Å². The molecule has 0 radical (unpaired) electrons. The Morgan fingerprint density at radius 2 is 2.11 bits per heavy atom. The predicted octanol–water partition coefficient (Wildman–Crippen LogP) is -0.743. The molecule has 1 fully saturated rings. The lowest BCUT2D eigenvalue weighted by molar-refractivity contribution is 0.270. The van der Waals surface area contributed by atoms with Crippen LogP contribution in [0.1, 0.15) is 18.4 Å². The number of nitriles is 1. The van der Waals surface area contributed by atoms with Crippen LogP contribution in [0.3, 0.4) is 0 Å². The number of aliphatic hydroxyl groups excluding tert-OH is 1. The number of aromatic nitrogens is 2. The second-order valence-corrected chi connectivity index (χ2v) is 4.47. The van der Waals surface area contributed by atoms with Crippen LogP contribution in [0.5, 0.6) is 0 Å². The normalized spacial score (nSPS) is 16.8. The zero-order chi connectivity index (χ0) is 13.1. The zero-order valence-corrected chi connectivity index (χ0v) is 10.2. The molecule has 5 N–H and O–H groups in total. The van der Waals surface area contributed by atoms with E-state index >= 15 is 0 Å². The molecule has 7 nitrogen and oxygen atoms in total. The average molecular weight is 250 g/mol. The minimum atomic E-state index is -0.0545. The fourth-order valence-electron chi connectivity index (χ4n) is 2.17.